The van der Waals surface area contributed by atoms with Crippen LogP contribution in [-0.2, 0) is 11.3 Å². The maximum Gasteiger partial charge on any atom is 0.251 e. The van der Waals surface area contributed by atoms with Crippen LogP contribution in [0.25, 0.3) is 0 Å². The Morgan fingerprint density at radius 3 is 2.32 bits per heavy atom. The van der Waals surface area contributed by atoms with Crippen molar-refractivity contribution in [1.29, 1.82) is 0 Å². The lowest BCUT2D eigenvalue weighted by molar-refractivity contribution is -0.114. The number of hydrogen-bond donors (Lipinski definition) is 3. The van der Waals surface area contributed by atoms with Gasteiger partial charge in [-0.05, 0) is 55.8 Å². The van der Waals surface area contributed by atoms with Crippen molar-refractivity contribution < 1.29 is 14.3 Å². The van der Waals surface area contributed by atoms with E-state index in [0.717, 1.165) is 11.3 Å². The minimum absolute atomic E-state index is 0.0658. The molecule has 160 valence electrons. The summed E-state index contributed by atoms with van der Waals surface area (Å²) in [7, 11) is 0. The van der Waals surface area contributed by atoms with Crippen molar-refractivity contribution in [2.24, 2.45) is 0 Å². The number of nitrogens with one attached hydrogen (secondary N) is 3. The Balaban J connectivity index is 1.46. The summed E-state index contributed by atoms with van der Waals surface area (Å²) in [5, 5.41) is 8.80. The van der Waals surface area contributed by atoms with Gasteiger partial charge >= 0.3 is 0 Å². The largest absolute Gasteiger partial charge is 0.491 e. The molecule has 2 amide bonds. The number of hydrogen-bond acceptors (Lipinski definition) is 4. The van der Waals surface area contributed by atoms with Gasteiger partial charge in [-0.1, -0.05) is 36.4 Å². The lowest BCUT2D eigenvalue weighted by atomic mass is 10.1. The van der Waals surface area contributed by atoms with E-state index < -0.39 is 0 Å². The number of carbonyl (C=O) groups excluding carboxylic acids is 2. The zero-order valence-corrected chi connectivity index (χ0v) is 17.7. The van der Waals surface area contributed by atoms with E-state index in [1.165, 1.54) is 0 Å². The number of ether oxygens (including phenoxy) is 1. The van der Waals surface area contributed by atoms with Crippen LogP contribution in [0.4, 0.5) is 11.4 Å². The van der Waals surface area contributed by atoms with E-state index in [4.69, 9.17) is 4.74 Å². The van der Waals surface area contributed by atoms with E-state index in [9.17, 15) is 9.59 Å². The summed E-state index contributed by atoms with van der Waals surface area (Å²) in [6, 6.07) is 24.1. The minimum Gasteiger partial charge on any atom is -0.491 e. The Morgan fingerprint density at radius 1 is 0.871 bits per heavy atom. The van der Waals surface area contributed by atoms with Gasteiger partial charge in [0.2, 0.25) is 5.91 Å². The first-order valence-corrected chi connectivity index (χ1v) is 10.2. The summed E-state index contributed by atoms with van der Waals surface area (Å²) in [4.78, 5) is 24.5. The third-order valence-electron chi connectivity index (χ3n) is 4.39. The number of anilines is 2. The van der Waals surface area contributed by atoms with Crippen molar-refractivity contribution in [1.82, 2.24) is 5.32 Å². The molecule has 0 fully saturated rings. The van der Waals surface area contributed by atoms with Gasteiger partial charge in [0.15, 0.2) is 0 Å². The highest BCUT2D eigenvalue weighted by atomic mass is 16.5. The van der Waals surface area contributed by atoms with Crippen molar-refractivity contribution in [2.45, 2.75) is 26.5 Å². The predicted molar refractivity (Wildman–Crippen MR) is 123 cm³/mol. The average Bonchev–Trinajstić information content (AvgIpc) is 2.77. The standard InChI is InChI=1S/C25H27N3O3/c1-18(2)31-23-10-6-9-22(15-23)28-24(29)17-26-21-13-11-20(12-14-21)25(30)27-16-19-7-4-3-5-8-19/h3-15,18,26H,16-17H2,1-2H3,(H,27,30)(H,28,29). The molecular weight excluding hydrogens is 390 g/mol. The van der Waals surface area contributed by atoms with Gasteiger partial charge in [-0.3, -0.25) is 9.59 Å². The Bertz CT molecular complexity index is 1000. The summed E-state index contributed by atoms with van der Waals surface area (Å²) in [5.74, 6) is 0.393. The van der Waals surface area contributed by atoms with Gasteiger partial charge in [0, 0.05) is 29.5 Å². The first-order valence-electron chi connectivity index (χ1n) is 10.2. The first-order chi connectivity index (χ1) is 15.0. The minimum atomic E-state index is -0.175. The Morgan fingerprint density at radius 2 is 1.61 bits per heavy atom. The topological polar surface area (TPSA) is 79.5 Å². The van der Waals surface area contributed by atoms with Crippen molar-refractivity contribution in [3.63, 3.8) is 0 Å². The number of carbonyl (C=O) groups is 2. The first kappa shape index (κ1) is 21.9. The third kappa shape index (κ3) is 7.19. The second-order valence-corrected chi connectivity index (χ2v) is 7.34. The molecule has 6 heteroatoms. The van der Waals surface area contributed by atoms with E-state index in [2.05, 4.69) is 16.0 Å². The maximum atomic E-state index is 12.3. The van der Waals surface area contributed by atoms with Crippen LogP contribution in [0.5, 0.6) is 5.75 Å². The quantitative estimate of drug-likeness (QED) is 0.480. The fourth-order valence-corrected chi connectivity index (χ4v) is 2.93. The Kier molecular flexibility index (Phi) is 7.65. The highest BCUT2D eigenvalue weighted by molar-refractivity contribution is 5.95. The van der Waals surface area contributed by atoms with Gasteiger partial charge in [0.25, 0.3) is 5.91 Å². The molecular formula is C25H27N3O3. The van der Waals surface area contributed by atoms with E-state index in [-0.39, 0.29) is 24.5 Å². The van der Waals surface area contributed by atoms with E-state index in [1.807, 2.05) is 62.4 Å². The van der Waals surface area contributed by atoms with Crippen LogP contribution in [0, 0.1) is 0 Å². The van der Waals surface area contributed by atoms with Crippen LogP contribution in [-0.4, -0.2) is 24.5 Å². The van der Waals surface area contributed by atoms with Crippen molar-refractivity contribution in [3.05, 3.63) is 90.0 Å². The Hall–Kier alpha value is -3.80. The zero-order valence-electron chi connectivity index (χ0n) is 17.7. The molecule has 0 bridgehead atoms. The molecule has 0 aliphatic carbocycles. The summed E-state index contributed by atoms with van der Waals surface area (Å²) >= 11 is 0. The molecule has 0 aliphatic rings. The second-order valence-electron chi connectivity index (χ2n) is 7.34. The molecule has 6 nitrogen and oxygen atoms in total. The van der Waals surface area contributed by atoms with Crippen molar-refractivity contribution in [3.8, 4) is 5.75 Å². The second kappa shape index (κ2) is 10.8. The summed E-state index contributed by atoms with van der Waals surface area (Å²) in [6.45, 7) is 4.48. The van der Waals surface area contributed by atoms with Gasteiger partial charge in [-0.2, -0.15) is 0 Å². The van der Waals surface area contributed by atoms with Gasteiger partial charge in [-0.15, -0.1) is 0 Å². The van der Waals surface area contributed by atoms with E-state index in [1.54, 1.807) is 30.3 Å². The third-order valence-corrected chi connectivity index (χ3v) is 4.39. The average molecular weight is 418 g/mol. The predicted octanol–water partition coefficient (Wildman–Crippen LogP) is 4.45. The molecule has 0 aromatic heterocycles. The van der Waals surface area contributed by atoms with Crippen molar-refractivity contribution >= 4 is 23.2 Å². The highest BCUT2D eigenvalue weighted by Gasteiger charge is 2.07. The zero-order chi connectivity index (χ0) is 22.1. The van der Waals surface area contributed by atoms with Crippen LogP contribution in [0.1, 0.15) is 29.8 Å². The summed E-state index contributed by atoms with van der Waals surface area (Å²) in [5.41, 5.74) is 3.04. The monoisotopic (exact) mass is 417 g/mol. The normalized spacial score (nSPS) is 10.4. The molecule has 0 saturated heterocycles. The number of amides is 2. The molecule has 0 heterocycles. The number of rotatable bonds is 9. The van der Waals surface area contributed by atoms with Crippen molar-refractivity contribution in [2.75, 3.05) is 17.2 Å². The Labute approximate surface area is 182 Å². The van der Waals surface area contributed by atoms with E-state index >= 15 is 0 Å². The van der Waals surface area contributed by atoms with Gasteiger partial charge in [-0.25, -0.2) is 0 Å². The lowest BCUT2D eigenvalue weighted by Gasteiger charge is -2.12. The highest BCUT2D eigenvalue weighted by Crippen LogP contribution is 2.18. The fraction of sp³-hybridized carbons (Fsp3) is 0.200. The summed E-state index contributed by atoms with van der Waals surface area (Å²) in [6.07, 6.45) is 0.0658. The fourth-order valence-electron chi connectivity index (χ4n) is 2.93. The maximum absolute atomic E-state index is 12.3. The molecule has 3 rings (SSSR count). The molecule has 0 saturated carbocycles. The van der Waals surface area contributed by atoms with Gasteiger partial charge in [0.05, 0.1) is 12.6 Å². The van der Waals surface area contributed by atoms with Gasteiger partial charge < -0.3 is 20.7 Å². The van der Waals surface area contributed by atoms with Gasteiger partial charge in [0.1, 0.15) is 5.75 Å². The smallest absolute Gasteiger partial charge is 0.251 e. The molecule has 0 spiro atoms. The molecule has 3 aromatic rings. The molecule has 0 atom stereocenters. The SMILES string of the molecule is CC(C)Oc1cccc(NC(=O)CNc2ccc(C(=O)NCc3ccccc3)cc2)c1. The molecule has 31 heavy (non-hydrogen) atoms. The molecule has 3 N–H and O–H groups in total. The van der Waals surface area contributed by atoms with Crippen LogP contribution < -0.4 is 20.7 Å². The molecule has 0 aliphatic heterocycles. The lowest BCUT2D eigenvalue weighted by Crippen LogP contribution is -2.23. The summed E-state index contributed by atoms with van der Waals surface area (Å²) < 4.78 is 5.64. The number of benzene rings is 3. The molecule has 0 radical (unpaired) electrons. The van der Waals surface area contributed by atoms with Crippen LogP contribution in [0.3, 0.4) is 0 Å². The molecule has 0 unspecified atom stereocenters. The van der Waals surface area contributed by atoms with Crippen LogP contribution >= 0.6 is 0 Å². The van der Waals surface area contributed by atoms with E-state index in [0.29, 0.717) is 23.5 Å². The van der Waals surface area contributed by atoms with Crippen LogP contribution in [0.2, 0.25) is 0 Å². The molecule has 3 aromatic carbocycles. The van der Waals surface area contributed by atoms with Crippen LogP contribution in [0.15, 0.2) is 78.9 Å².